The highest BCUT2D eigenvalue weighted by Gasteiger charge is 2.19. The fourth-order valence-electron chi connectivity index (χ4n) is 1.76. The lowest BCUT2D eigenvalue weighted by Crippen LogP contribution is -2.29. The molecule has 0 amide bonds. The highest BCUT2D eigenvalue weighted by Crippen LogP contribution is 2.27. The molecule has 96 valence electrons. The maximum Gasteiger partial charge on any atom is 0.347 e. The maximum absolute atomic E-state index is 11.0. The van der Waals surface area contributed by atoms with E-state index in [0.717, 1.165) is 11.6 Å². The van der Waals surface area contributed by atoms with Gasteiger partial charge in [-0.3, -0.25) is 0 Å². The summed E-state index contributed by atoms with van der Waals surface area (Å²) in [7, 11) is 1.97. The molecule has 0 aliphatic carbocycles. The van der Waals surface area contributed by atoms with Crippen molar-refractivity contribution in [1.29, 1.82) is 0 Å². The van der Waals surface area contributed by atoms with E-state index in [-0.39, 0.29) is 0 Å². The molecule has 0 radical (unpaired) electrons. The topological polar surface area (TPSA) is 53.4 Å². The van der Waals surface area contributed by atoms with Gasteiger partial charge in [0.25, 0.3) is 0 Å². The summed E-state index contributed by atoms with van der Waals surface area (Å²) < 4.78 is 0. The summed E-state index contributed by atoms with van der Waals surface area (Å²) in [5, 5.41) is 9.78. The van der Waals surface area contributed by atoms with E-state index >= 15 is 0 Å². The van der Waals surface area contributed by atoms with Gasteiger partial charge in [0.15, 0.2) is 5.13 Å². The molecule has 4 nitrogen and oxygen atoms in total. The molecule has 1 atom stereocenters. The summed E-state index contributed by atoms with van der Waals surface area (Å²) in [5.74, 6) is -0.274. The van der Waals surface area contributed by atoms with E-state index < -0.39 is 5.97 Å². The largest absolute Gasteiger partial charge is 0.477 e. The molecular formula is C12H20N2O2S. The Morgan fingerprint density at radius 3 is 2.47 bits per heavy atom. The first kappa shape index (κ1) is 14.0. The zero-order valence-corrected chi connectivity index (χ0v) is 11.8. The van der Waals surface area contributed by atoms with E-state index in [0.29, 0.717) is 22.5 Å². The standard InChI is InChI=1S/C12H20N2O2S/c1-7(2)6-8(3)14(5)12-13-9(4)10(17-12)11(15)16/h7-8H,6H2,1-5H3,(H,15,16). The molecule has 0 saturated heterocycles. The summed E-state index contributed by atoms with van der Waals surface area (Å²) in [6, 6.07) is 0.363. The second-order valence-electron chi connectivity index (χ2n) is 4.81. The van der Waals surface area contributed by atoms with Gasteiger partial charge in [0.2, 0.25) is 0 Å². The first-order chi connectivity index (χ1) is 7.82. The zero-order valence-electron chi connectivity index (χ0n) is 11.0. The maximum atomic E-state index is 11.0. The second kappa shape index (κ2) is 5.49. The number of hydrogen-bond acceptors (Lipinski definition) is 4. The minimum atomic E-state index is -0.892. The van der Waals surface area contributed by atoms with Gasteiger partial charge in [-0.1, -0.05) is 25.2 Å². The minimum Gasteiger partial charge on any atom is -0.477 e. The summed E-state index contributed by atoms with van der Waals surface area (Å²) in [4.78, 5) is 17.7. The predicted octanol–water partition coefficient (Wildman–Crippen LogP) is 3.02. The Labute approximate surface area is 106 Å². The Balaban J connectivity index is 2.85. The van der Waals surface area contributed by atoms with Crippen LogP contribution in [-0.4, -0.2) is 29.1 Å². The molecule has 5 heteroatoms. The van der Waals surface area contributed by atoms with Crippen molar-refractivity contribution in [3.8, 4) is 0 Å². The molecule has 17 heavy (non-hydrogen) atoms. The SMILES string of the molecule is Cc1nc(N(C)C(C)CC(C)C)sc1C(=O)O. The monoisotopic (exact) mass is 256 g/mol. The quantitative estimate of drug-likeness (QED) is 0.880. The average Bonchev–Trinajstić information content (AvgIpc) is 2.58. The molecule has 0 aromatic carbocycles. The molecule has 0 aliphatic heterocycles. The van der Waals surface area contributed by atoms with E-state index in [1.54, 1.807) is 6.92 Å². The molecule has 1 heterocycles. The summed E-state index contributed by atoms with van der Waals surface area (Å²) in [6.45, 7) is 8.24. The molecule has 1 aromatic heterocycles. The van der Waals surface area contributed by atoms with Crippen molar-refractivity contribution in [1.82, 2.24) is 4.98 Å². The van der Waals surface area contributed by atoms with E-state index in [1.807, 2.05) is 7.05 Å². The third-order valence-corrected chi connectivity index (χ3v) is 3.99. The molecule has 1 unspecified atom stereocenters. The number of nitrogens with zero attached hydrogens (tertiary/aromatic N) is 2. The lowest BCUT2D eigenvalue weighted by molar-refractivity contribution is 0.0701. The van der Waals surface area contributed by atoms with Crippen LogP contribution in [0.4, 0.5) is 5.13 Å². The average molecular weight is 256 g/mol. The van der Waals surface area contributed by atoms with Crippen molar-refractivity contribution < 1.29 is 9.90 Å². The van der Waals surface area contributed by atoms with Crippen molar-refractivity contribution in [3.05, 3.63) is 10.6 Å². The third kappa shape index (κ3) is 3.43. The Hall–Kier alpha value is -1.10. The summed E-state index contributed by atoms with van der Waals surface area (Å²) in [6.07, 6.45) is 1.07. The number of carboxylic acids is 1. The van der Waals surface area contributed by atoms with Gasteiger partial charge in [-0.2, -0.15) is 0 Å². The van der Waals surface area contributed by atoms with E-state index in [2.05, 4.69) is 30.7 Å². The Morgan fingerprint density at radius 1 is 1.47 bits per heavy atom. The van der Waals surface area contributed by atoms with Gasteiger partial charge in [0.1, 0.15) is 4.88 Å². The first-order valence-electron chi connectivity index (χ1n) is 5.76. The highest BCUT2D eigenvalue weighted by molar-refractivity contribution is 7.17. The van der Waals surface area contributed by atoms with Crippen LogP contribution in [-0.2, 0) is 0 Å². The van der Waals surface area contributed by atoms with Crippen LogP contribution >= 0.6 is 11.3 Å². The van der Waals surface area contributed by atoms with Crippen molar-refractivity contribution >= 4 is 22.4 Å². The van der Waals surface area contributed by atoms with E-state index in [4.69, 9.17) is 5.11 Å². The fourth-order valence-corrected chi connectivity index (χ4v) is 2.73. The van der Waals surface area contributed by atoms with Crippen LogP contribution in [0.25, 0.3) is 0 Å². The van der Waals surface area contributed by atoms with E-state index in [9.17, 15) is 4.79 Å². The van der Waals surface area contributed by atoms with Crippen LogP contribution in [0.15, 0.2) is 0 Å². The second-order valence-corrected chi connectivity index (χ2v) is 5.78. The number of carbonyl (C=O) groups is 1. The van der Waals surface area contributed by atoms with Gasteiger partial charge in [-0.05, 0) is 26.2 Å². The normalized spacial score (nSPS) is 12.8. The summed E-state index contributed by atoms with van der Waals surface area (Å²) >= 11 is 1.25. The molecule has 1 rings (SSSR count). The van der Waals surface area contributed by atoms with Gasteiger partial charge in [0.05, 0.1) is 5.69 Å². The van der Waals surface area contributed by atoms with Crippen molar-refractivity contribution in [2.45, 2.75) is 40.2 Å². The molecule has 0 aliphatic rings. The lowest BCUT2D eigenvalue weighted by Gasteiger charge is -2.25. The van der Waals surface area contributed by atoms with Crippen LogP contribution in [0.2, 0.25) is 0 Å². The Bertz CT molecular complexity index is 401. The van der Waals surface area contributed by atoms with Crippen LogP contribution in [0.3, 0.4) is 0 Å². The first-order valence-corrected chi connectivity index (χ1v) is 6.58. The van der Waals surface area contributed by atoms with Gasteiger partial charge >= 0.3 is 5.97 Å². The highest BCUT2D eigenvalue weighted by atomic mass is 32.1. The number of aromatic carboxylic acids is 1. The zero-order chi connectivity index (χ0) is 13.2. The number of thiazole rings is 1. The molecule has 1 N–H and O–H groups in total. The number of hydrogen-bond donors (Lipinski definition) is 1. The Kier molecular flexibility index (Phi) is 4.51. The fraction of sp³-hybridized carbons (Fsp3) is 0.667. The third-order valence-electron chi connectivity index (χ3n) is 2.75. The summed E-state index contributed by atoms with van der Waals surface area (Å²) in [5.41, 5.74) is 0.598. The van der Waals surface area contributed by atoms with Crippen molar-refractivity contribution in [3.63, 3.8) is 0 Å². The number of aryl methyl sites for hydroxylation is 1. The number of aromatic nitrogens is 1. The molecule has 0 bridgehead atoms. The van der Waals surface area contributed by atoms with Gasteiger partial charge in [-0.15, -0.1) is 0 Å². The number of anilines is 1. The molecular weight excluding hydrogens is 236 g/mol. The van der Waals surface area contributed by atoms with Crippen molar-refractivity contribution in [2.24, 2.45) is 5.92 Å². The van der Waals surface area contributed by atoms with Gasteiger partial charge in [-0.25, -0.2) is 9.78 Å². The smallest absolute Gasteiger partial charge is 0.347 e. The molecule has 1 aromatic rings. The number of rotatable bonds is 5. The Morgan fingerprint density at radius 2 is 2.06 bits per heavy atom. The molecule has 0 fully saturated rings. The van der Waals surface area contributed by atoms with Crippen LogP contribution in [0.1, 0.15) is 42.6 Å². The van der Waals surface area contributed by atoms with Crippen LogP contribution in [0.5, 0.6) is 0 Å². The number of carboxylic acid groups (broad SMARTS) is 1. The van der Waals surface area contributed by atoms with Gasteiger partial charge < -0.3 is 10.0 Å². The van der Waals surface area contributed by atoms with Gasteiger partial charge in [0, 0.05) is 13.1 Å². The van der Waals surface area contributed by atoms with Crippen LogP contribution in [0, 0.1) is 12.8 Å². The lowest BCUT2D eigenvalue weighted by atomic mass is 10.0. The van der Waals surface area contributed by atoms with Crippen LogP contribution < -0.4 is 4.90 Å². The van der Waals surface area contributed by atoms with E-state index in [1.165, 1.54) is 11.3 Å². The van der Waals surface area contributed by atoms with Crippen molar-refractivity contribution in [2.75, 3.05) is 11.9 Å². The predicted molar refractivity (Wildman–Crippen MR) is 71.1 cm³/mol. The molecule has 0 spiro atoms. The minimum absolute atomic E-state index is 0.337. The molecule has 0 saturated carbocycles.